The van der Waals surface area contributed by atoms with Crippen molar-refractivity contribution in [2.45, 2.75) is 12.8 Å². The monoisotopic (exact) mass is 221 g/mol. The second-order valence-corrected chi connectivity index (χ2v) is 2.99. The maximum atomic E-state index is 13.2. The maximum absolute atomic E-state index is 13.2. The normalized spacial score (nSPS) is 11.5. The number of aliphatic hydroxyl groups excluding tert-OH is 1. The number of halogens is 3. The Labute approximate surface area is 84.2 Å². The first kappa shape index (κ1) is 11.7. The summed E-state index contributed by atoms with van der Waals surface area (Å²) in [4.78, 5) is 7.01. The van der Waals surface area contributed by atoms with Crippen molar-refractivity contribution < 1.29 is 18.3 Å². The van der Waals surface area contributed by atoms with Crippen LogP contribution in [0.15, 0.2) is 6.33 Å². The van der Waals surface area contributed by atoms with Gasteiger partial charge < -0.3 is 10.4 Å². The van der Waals surface area contributed by atoms with Gasteiger partial charge >= 0.3 is 0 Å². The van der Waals surface area contributed by atoms with Gasteiger partial charge in [0.15, 0.2) is 11.6 Å². The summed E-state index contributed by atoms with van der Waals surface area (Å²) in [5, 5.41) is 10.4. The maximum Gasteiger partial charge on any atom is 0.287 e. The largest absolute Gasteiger partial charge is 0.390 e. The summed E-state index contributed by atoms with van der Waals surface area (Å²) < 4.78 is 38.4. The fourth-order valence-corrected chi connectivity index (χ4v) is 0.850. The third-order valence-corrected chi connectivity index (χ3v) is 1.71. The molecule has 0 fully saturated rings. The topological polar surface area (TPSA) is 58.0 Å². The van der Waals surface area contributed by atoms with Crippen LogP contribution in [-0.2, 0) is 0 Å². The molecule has 4 nitrogen and oxygen atoms in total. The van der Waals surface area contributed by atoms with Gasteiger partial charge in [-0.15, -0.1) is 0 Å². The van der Waals surface area contributed by atoms with Crippen LogP contribution in [0.3, 0.4) is 0 Å². The highest BCUT2D eigenvalue weighted by Crippen LogP contribution is 2.16. The van der Waals surface area contributed by atoms with Crippen LogP contribution < -0.4 is 5.32 Å². The molecule has 1 aromatic rings. The van der Waals surface area contributed by atoms with Crippen molar-refractivity contribution in [3.63, 3.8) is 0 Å². The van der Waals surface area contributed by atoms with E-state index < -0.39 is 24.9 Å². The predicted molar refractivity (Wildman–Crippen MR) is 47.2 cm³/mol. The molecule has 0 atom stereocenters. The Morgan fingerprint density at radius 2 is 2.13 bits per heavy atom. The number of hydrogen-bond donors (Lipinski definition) is 2. The third kappa shape index (κ3) is 3.05. The summed E-state index contributed by atoms with van der Waals surface area (Å²) in [5.41, 5.74) is 0.0693. The molecule has 0 saturated carbocycles. The third-order valence-electron chi connectivity index (χ3n) is 1.71. The molecule has 84 valence electrons. The van der Waals surface area contributed by atoms with E-state index in [4.69, 9.17) is 5.11 Å². The Morgan fingerprint density at radius 3 is 2.73 bits per heavy atom. The number of rotatable bonds is 4. The zero-order valence-corrected chi connectivity index (χ0v) is 7.97. The summed E-state index contributed by atoms with van der Waals surface area (Å²) in [6.07, 6.45) is 1.07. The highest BCUT2D eigenvalue weighted by atomic mass is 19.3. The molecule has 0 aliphatic heterocycles. The van der Waals surface area contributed by atoms with E-state index >= 15 is 0 Å². The average Bonchev–Trinajstić information content (AvgIpc) is 2.20. The number of aromatic nitrogens is 2. The second-order valence-electron chi connectivity index (χ2n) is 2.99. The zero-order valence-electron chi connectivity index (χ0n) is 7.97. The molecule has 1 heterocycles. The number of aliphatic hydroxyl groups is 1. The highest BCUT2D eigenvalue weighted by molar-refractivity contribution is 5.37. The van der Waals surface area contributed by atoms with E-state index in [1.54, 1.807) is 0 Å². The van der Waals surface area contributed by atoms with E-state index in [-0.39, 0.29) is 11.5 Å². The van der Waals surface area contributed by atoms with Crippen molar-refractivity contribution in [3.05, 3.63) is 17.8 Å². The van der Waals surface area contributed by atoms with Crippen LogP contribution in [0.25, 0.3) is 0 Å². The molecular formula is C8H10F3N3O. The van der Waals surface area contributed by atoms with Gasteiger partial charge in [-0.3, -0.25) is 0 Å². The van der Waals surface area contributed by atoms with Gasteiger partial charge in [0.2, 0.25) is 0 Å². The quantitative estimate of drug-likeness (QED) is 0.795. The summed E-state index contributed by atoms with van der Waals surface area (Å²) in [7, 11) is 0. The van der Waals surface area contributed by atoms with Gasteiger partial charge in [-0.25, -0.2) is 23.1 Å². The van der Waals surface area contributed by atoms with Crippen molar-refractivity contribution in [1.82, 2.24) is 9.97 Å². The number of alkyl halides is 2. The van der Waals surface area contributed by atoms with Crippen molar-refractivity contribution in [2.24, 2.45) is 0 Å². The summed E-state index contributed by atoms with van der Waals surface area (Å²) >= 11 is 0. The number of nitrogens with zero attached hydrogens (tertiary/aromatic N) is 2. The SMILES string of the molecule is Cc1ncnc(NCC(F)(F)CO)c1F. The molecule has 0 saturated heterocycles. The van der Waals surface area contributed by atoms with E-state index in [1.165, 1.54) is 6.92 Å². The van der Waals surface area contributed by atoms with E-state index in [9.17, 15) is 13.2 Å². The molecule has 0 amide bonds. The van der Waals surface area contributed by atoms with Crippen molar-refractivity contribution in [1.29, 1.82) is 0 Å². The van der Waals surface area contributed by atoms with Crippen LogP contribution in [0.2, 0.25) is 0 Å². The minimum atomic E-state index is -3.30. The molecule has 0 unspecified atom stereocenters. The number of nitrogens with one attached hydrogen (secondary N) is 1. The Bertz CT molecular complexity index is 346. The number of hydrogen-bond acceptors (Lipinski definition) is 4. The van der Waals surface area contributed by atoms with Crippen LogP contribution in [0.5, 0.6) is 0 Å². The summed E-state index contributed by atoms with van der Waals surface area (Å²) in [6, 6.07) is 0. The Hall–Kier alpha value is -1.37. The van der Waals surface area contributed by atoms with Gasteiger partial charge in [0.05, 0.1) is 12.2 Å². The first-order chi connectivity index (χ1) is 6.96. The summed E-state index contributed by atoms with van der Waals surface area (Å²) in [6.45, 7) is -0.783. The molecule has 0 radical (unpaired) electrons. The number of anilines is 1. The van der Waals surface area contributed by atoms with Gasteiger partial charge in [-0.1, -0.05) is 0 Å². The van der Waals surface area contributed by atoms with Crippen molar-refractivity contribution in [3.8, 4) is 0 Å². The van der Waals surface area contributed by atoms with Crippen LogP contribution in [0.4, 0.5) is 19.0 Å². The smallest absolute Gasteiger partial charge is 0.287 e. The molecular weight excluding hydrogens is 211 g/mol. The van der Waals surface area contributed by atoms with Crippen LogP contribution in [-0.4, -0.2) is 34.1 Å². The molecule has 2 N–H and O–H groups in total. The Balaban J connectivity index is 2.70. The van der Waals surface area contributed by atoms with Gasteiger partial charge in [-0.2, -0.15) is 0 Å². The lowest BCUT2D eigenvalue weighted by Crippen LogP contribution is -2.31. The molecule has 0 aliphatic rings. The Kier molecular flexibility index (Phi) is 3.46. The first-order valence-corrected chi connectivity index (χ1v) is 4.16. The second kappa shape index (κ2) is 4.43. The molecule has 0 aromatic carbocycles. The molecule has 0 spiro atoms. The van der Waals surface area contributed by atoms with E-state index in [1.807, 2.05) is 0 Å². The average molecular weight is 221 g/mol. The lowest BCUT2D eigenvalue weighted by atomic mass is 10.3. The van der Waals surface area contributed by atoms with Gasteiger partial charge in [0, 0.05) is 0 Å². The molecule has 7 heteroatoms. The lowest BCUT2D eigenvalue weighted by Gasteiger charge is -2.14. The molecule has 15 heavy (non-hydrogen) atoms. The fraction of sp³-hybridized carbons (Fsp3) is 0.500. The first-order valence-electron chi connectivity index (χ1n) is 4.16. The highest BCUT2D eigenvalue weighted by Gasteiger charge is 2.27. The van der Waals surface area contributed by atoms with Gasteiger partial charge in [0.1, 0.15) is 12.9 Å². The van der Waals surface area contributed by atoms with Crippen LogP contribution >= 0.6 is 0 Å². The van der Waals surface area contributed by atoms with Gasteiger partial charge in [-0.05, 0) is 6.92 Å². The van der Waals surface area contributed by atoms with Crippen molar-refractivity contribution in [2.75, 3.05) is 18.5 Å². The fourth-order valence-electron chi connectivity index (χ4n) is 0.850. The molecule has 0 aliphatic carbocycles. The predicted octanol–water partition coefficient (Wildman–Crippen LogP) is 0.964. The zero-order chi connectivity index (χ0) is 11.5. The molecule has 1 aromatic heterocycles. The molecule has 0 bridgehead atoms. The minimum absolute atomic E-state index is 0.0693. The van der Waals surface area contributed by atoms with Crippen LogP contribution in [0, 0.1) is 12.7 Å². The Morgan fingerprint density at radius 1 is 1.47 bits per heavy atom. The van der Waals surface area contributed by atoms with E-state index in [2.05, 4.69) is 15.3 Å². The number of aryl methyl sites for hydroxylation is 1. The summed E-state index contributed by atoms with van der Waals surface area (Å²) in [5.74, 6) is -4.37. The molecule has 1 rings (SSSR count). The van der Waals surface area contributed by atoms with Crippen molar-refractivity contribution >= 4 is 5.82 Å². The van der Waals surface area contributed by atoms with E-state index in [0.29, 0.717) is 0 Å². The van der Waals surface area contributed by atoms with Crippen LogP contribution in [0.1, 0.15) is 5.69 Å². The van der Waals surface area contributed by atoms with E-state index in [0.717, 1.165) is 6.33 Å². The minimum Gasteiger partial charge on any atom is -0.390 e. The standard InChI is InChI=1S/C8H10F3N3O/c1-5-6(9)7(14-4-13-5)12-2-8(10,11)3-15/h4,15H,2-3H2,1H3,(H,12,13,14). The lowest BCUT2D eigenvalue weighted by molar-refractivity contribution is -0.0373. The van der Waals surface area contributed by atoms with Gasteiger partial charge in [0.25, 0.3) is 5.92 Å².